The van der Waals surface area contributed by atoms with Gasteiger partial charge in [-0.25, -0.2) is 4.98 Å². The van der Waals surface area contributed by atoms with Crippen LogP contribution in [0.4, 0.5) is 0 Å². The molecule has 0 unspecified atom stereocenters. The topological polar surface area (TPSA) is 51.2 Å². The van der Waals surface area contributed by atoms with Crippen molar-refractivity contribution < 1.29 is 9.53 Å². The van der Waals surface area contributed by atoms with Crippen molar-refractivity contribution in [1.29, 1.82) is 0 Å². The van der Waals surface area contributed by atoms with Gasteiger partial charge in [-0.3, -0.25) is 4.79 Å². The Hall–Kier alpha value is -1.58. The highest BCUT2D eigenvalue weighted by Crippen LogP contribution is 2.29. The summed E-state index contributed by atoms with van der Waals surface area (Å²) in [6.07, 6.45) is 4.14. The summed E-state index contributed by atoms with van der Waals surface area (Å²) in [6.45, 7) is 6.59. The highest BCUT2D eigenvalue weighted by molar-refractivity contribution is 5.92. The summed E-state index contributed by atoms with van der Waals surface area (Å²) >= 11 is 0. The van der Waals surface area contributed by atoms with Crippen LogP contribution in [0.5, 0.6) is 5.75 Å². The standard InChI is InChI=1S/C14H20N2O2/c1-14(2,3)16-13(17)12-7-6-11(8-15-12)18-9-10-4-5-10/h6-8,10H,4-5,9H2,1-3H3,(H,16,17). The number of nitrogens with zero attached hydrogens (tertiary/aromatic N) is 1. The van der Waals surface area contributed by atoms with Gasteiger partial charge in [0.1, 0.15) is 11.4 Å². The number of ether oxygens (including phenoxy) is 1. The van der Waals surface area contributed by atoms with Crippen LogP contribution in [0, 0.1) is 5.92 Å². The molecule has 1 fully saturated rings. The van der Waals surface area contributed by atoms with Crippen molar-refractivity contribution in [2.45, 2.75) is 39.2 Å². The number of nitrogens with one attached hydrogen (secondary N) is 1. The third-order valence-corrected chi connectivity index (χ3v) is 2.64. The molecule has 1 aliphatic carbocycles. The maximum Gasteiger partial charge on any atom is 0.270 e. The molecule has 4 heteroatoms. The Kier molecular flexibility index (Phi) is 3.55. The molecule has 1 aliphatic rings. The zero-order valence-electron chi connectivity index (χ0n) is 11.2. The molecule has 1 N–H and O–H groups in total. The van der Waals surface area contributed by atoms with Gasteiger partial charge in [0.15, 0.2) is 0 Å². The van der Waals surface area contributed by atoms with Gasteiger partial charge in [0.05, 0.1) is 12.8 Å². The Morgan fingerprint density at radius 2 is 2.17 bits per heavy atom. The summed E-state index contributed by atoms with van der Waals surface area (Å²) in [5.74, 6) is 1.29. The summed E-state index contributed by atoms with van der Waals surface area (Å²) in [5, 5.41) is 2.87. The third kappa shape index (κ3) is 4.02. The lowest BCUT2D eigenvalue weighted by Gasteiger charge is -2.20. The van der Waals surface area contributed by atoms with Crippen molar-refractivity contribution in [3.05, 3.63) is 24.0 Å². The number of carbonyl (C=O) groups excluding carboxylic acids is 1. The average molecular weight is 248 g/mol. The van der Waals surface area contributed by atoms with Crippen LogP contribution in [-0.2, 0) is 0 Å². The predicted octanol–water partition coefficient (Wildman–Crippen LogP) is 2.40. The first-order valence-corrected chi connectivity index (χ1v) is 6.35. The van der Waals surface area contributed by atoms with Gasteiger partial charge < -0.3 is 10.1 Å². The first-order valence-electron chi connectivity index (χ1n) is 6.35. The SMILES string of the molecule is CC(C)(C)NC(=O)c1ccc(OCC2CC2)cn1. The quantitative estimate of drug-likeness (QED) is 0.890. The van der Waals surface area contributed by atoms with Gasteiger partial charge in [-0.15, -0.1) is 0 Å². The molecule has 1 aromatic heterocycles. The number of carbonyl (C=O) groups is 1. The van der Waals surface area contributed by atoms with Crippen molar-refractivity contribution in [2.24, 2.45) is 5.92 Å². The van der Waals surface area contributed by atoms with E-state index in [1.54, 1.807) is 18.3 Å². The Labute approximate surface area is 108 Å². The first-order chi connectivity index (χ1) is 8.44. The molecule has 0 aromatic carbocycles. The van der Waals surface area contributed by atoms with E-state index >= 15 is 0 Å². The minimum Gasteiger partial charge on any atom is -0.492 e. The second kappa shape index (κ2) is 4.96. The highest BCUT2D eigenvalue weighted by Gasteiger charge is 2.22. The van der Waals surface area contributed by atoms with Crippen LogP contribution in [0.1, 0.15) is 44.1 Å². The molecule has 0 bridgehead atoms. The fourth-order valence-corrected chi connectivity index (χ4v) is 1.50. The summed E-state index contributed by atoms with van der Waals surface area (Å²) in [7, 11) is 0. The Morgan fingerprint density at radius 3 is 2.67 bits per heavy atom. The molecule has 1 aromatic rings. The fraction of sp³-hybridized carbons (Fsp3) is 0.571. The molecule has 0 saturated heterocycles. The number of hydrogen-bond donors (Lipinski definition) is 1. The van der Waals surface area contributed by atoms with E-state index in [0.29, 0.717) is 11.6 Å². The van der Waals surface area contributed by atoms with Gasteiger partial charge >= 0.3 is 0 Å². The minimum absolute atomic E-state index is 0.156. The Morgan fingerprint density at radius 1 is 1.44 bits per heavy atom. The lowest BCUT2D eigenvalue weighted by molar-refractivity contribution is 0.0914. The summed E-state index contributed by atoms with van der Waals surface area (Å²) < 4.78 is 5.57. The van der Waals surface area contributed by atoms with E-state index in [4.69, 9.17) is 4.74 Å². The molecule has 0 atom stereocenters. The van der Waals surface area contributed by atoms with Gasteiger partial charge in [0.2, 0.25) is 0 Å². The zero-order chi connectivity index (χ0) is 13.2. The van der Waals surface area contributed by atoms with Crippen molar-refractivity contribution in [2.75, 3.05) is 6.61 Å². The third-order valence-electron chi connectivity index (χ3n) is 2.64. The van der Waals surface area contributed by atoms with E-state index in [9.17, 15) is 4.79 Å². The summed E-state index contributed by atoms with van der Waals surface area (Å²) in [6, 6.07) is 3.50. The lowest BCUT2D eigenvalue weighted by atomic mass is 10.1. The molecule has 1 heterocycles. The normalized spacial score (nSPS) is 15.3. The molecule has 1 saturated carbocycles. The van der Waals surface area contributed by atoms with Crippen LogP contribution in [0.15, 0.2) is 18.3 Å². The van der Waals surface area contributed by atoms with Gasteiger partial charge in [0.25, 0.3) is 5.91 Å². The molecule has 4 nitrogen and oxygen atoms in total. The second-order valence-corrected chi connectivity index (χ2v) is 5.84. The molecule has 1 amide bonds. The van der Waals surface area contributed by atoms with E-state index in [0.717, 1.165) is 12.4 Å². The van der Waals surface area contributed by atoms with E-state index in [1.807, 2.05) is 20.8 Å². The van der Waals surface area contributed by atoms with E-state index in [1.165, 1.54) is 12.8 Å². The van der Waals surface area contributed by atoms with Gasteiger partial charge in [-0.1, -0.05) is 0 Å². The fourth-order valence-electron chi connectivity index (χ4n) is 1.50. The number of rotatable bonds is 4. The molecular formula is C14H20N2O2. The highest BCUT2D eigenvalue weighted by atomic mass is 16.5. The second-order valence-electron chi connectivity index (χ2n) is 5.84. The van der Waals surface area contributed by atoms with Gasteiger partial charge in [-0.05, 0) is 51.7 Å². The molecule has 98 valence electrons. The van der Waals surface area contributed by atoms with Crippen LogP contribution in [-0.4, -0.2) is 23.0 Å². The number of amides is 1. The monoisotopic (exact) mass is 248 g/mol. The predicted molar refractivity (Wildman–Crippen MR) is 69.7 cm³/mol. The van der Waals surface area contributed by atoms with Crippen LogP contribution >= 0.6 is 0 Å². The smallest absolute Gasteiger partial charge is 0.270 e. The average Bonchev–Trinajstić information content (AvgIpc) is 3.08. The molecule has 2 rings (SSSR count). The molecule has 0 aliphatic heterocycles. The molecule has 0 spiro atoms. The number of aromatic nitrogens is 1. The Balaban J connectivity index is 1.91. The zero-order valence-corrected chi connectivity index (χ0v) is 11.2. The van der Waals surface area contributed by atoms with Crippen molar-refractivity contribution >= 4 is 5.91 Å². The van der Waals surface area contributed by atoms with Crippen molar-refractivity contribution in [3.63, 3.8) is 0 Å². The number of hydrogen-bond acceptors (Lipinski definition) is 3. The van der Waals surface area contributed by atoms with Crippen LogP contribution in [0.2, 0.25) is 0 Å². The maximum atomic E-state index is 11.8. The van der Waals surface area contributed by atoms with Gasteiger partial charge in [-0.2, -0.15) is 0 Å². The minimum atomic E-state index is -0.250. The van der Waals surface area contributed by atoms with Crippen molar-refractivity contribution in [1.82, 2.24) is 10.3 Å². The van der Waals surface area contributed by atoms with Crippen LogP contribution in [0.3, 0.4) is 0 Å². The lowest BCUT2D eigenvalue weighted by Crippen LogP contribution is -2.40. The first kappa shape index (κ1) is 12.9. The van der Waals surface area contributed by atoms with Gasteiger partial charge in [0, 0.05) is 5.54 Å². The molecule has 0 radical (unpaired) electrons. The number of pyridine rings is 1. The van der Waals surface area contributed by atoms with E-state index < -0.39 is 0 Å². The largest absolute Gasteiger partial charge is 0.492 e. The van der Waals surface area contributed by atoms with E-state index in [-0.39, 0.29) is 11.4 Å². The molecule has 18 heavy (non-hydrogen) atoms. The maximum absolute atomic E-state index is 11.8. The van der Waals surface area contributed by atoms with Crippen LogP contribution in [0.25, 0.3) is 0 Å². The van der Waals surface area contributed by atoms with Crippen molar-refractivity contribution in [3.8, 4) is 5.75 Å². The molecular weight excluding hydrogens is 228 g/mol. The van der Waals surface area contributed by atoms with E-state index in [2.05, 4.69) is 10.3 Å². The Bertz CT molecular complexity index is 416. The summed E-state index contributed by atoms with van der Waals surface area (Å²) in [5.41, 5.74) is 0.170. The summed E-state index contributed by atoms with van der Waals surface area (Å²) in [4.78, 5) is 16.0. The van der Waals surface area contributed by atoms with Crippen LogP contribution < -0.4 is 10.1 Å².